The number of piperazine rings is 1. The molecule has 4 aromatic rings. The number of carbonyl (C=O) groups excluding carboxylic acids is 3. The molecule has 0 spiro atoms. The quantitative estimate of drug-likeness (QED) is 0.196. The summed E-state index contributed by atoms with van der Waals surface area (Å²) >= 11 is 0. The van der Waals surface area contributed by atoms with Crippen LogP contribution >= 0.6 is 0 Å². The van der Waals surface area contributed by atoms with Gasteiger partial charge in [0.1, 0.15) is 11.4 Å². The molecule has 1 aliphatic carbocycles. The summed E-state index contributed by atoms with van der Waals surface area (Å²) < 4.78 is 5.36. The average Bonchev–Trinajstić information content (AvgIpc) is 3.50. The minimum Gasteiger partial charge on any atom is -0.444 e. The Balaban J connectivity index is 1.17. The first-order valence-electron chi connectivity index (χ1n) is 18.1. The molecule has 1 atom stereocenters. The fraction of sp³-hybridized carbons (Fsp3) is 0.462. The highest BCUT2D eigenvalue weighted by atomic mass is 16.6. The van der Waals surface area contributed by atoms with Crippen molar-refractivity contribution in [1.82, 2.24) is 25.4 Å². The van der Waals surface area contributed by atoms with E-state index < -0.39 is 29.6 Å². The van der Waals surface area contributed by atoms with Gasteiger partial charge in [-0.25, -0.2) is 14.7 Å². The van der Waals surface area contributed by atoms with Crippen LogP contribution in [0.1, 0.15) is 52.0 Å². The maximum Gasteiger partial charge on any atom is 0.407 e. The van der Waals surface area contributed by atoms with Crippen LogP contribution in [0.15, 0.2) is 65.6 Å². The van der Waals surface area contributed by atoms with Crippen LogP contribution in [-0.4, -0.2) is 89.4 Å². The highest BCUT2D eigenvalue weighted by Gasteiger charge is 2.36. The van der Waals surface area contributed by atoms with E-state index in [1.54, 1.807) is 18.2 Å². The van der Waals surface area contributed by atoms with E-state index in [9.17, 15) is 19.2 Å². The fourth-order valence-electron chi connectivity index (χ4n) is 7.06. The molecule has 1 aliphatic heterocycles. The van der Waals surface area contributed by atoms with Crippen molar-refractivity contribution in [2.75, 3.05) is 49.6 Å². The lowest BCUT2D eigenvalue weighted by molar-refractivity contribution is -0.130. The van der Waals surface area contributed by atoms with Crippen molar-refractivity contribution < 1.29 is 19.1 Å². The molecule has 13 heteroatoms. The number of anilines is 2. The second kappa shape index (κ2) is 15.7. The topological polar surface area (TPSA) is 170 Å². The van der Waals surface area contributed by atoms with E-state index in [0.29, 0.717) is 48.8 Å². The van der Waals surface area contributed by atoms with E-state index >= 15 is 0 Å². The summed E-state index contributed by atoms with van der Waals surface area (Å²) in [5.41, 5.74) is 9.49. The van der Waals surface area contributed by atoms with Crippen LogP contribution in [-0.2, 0) is 20.7 Å². The molecule has 5 N–H and O–H groups in total. The lowest BCUT2D eigenvalue weighted by Gasteiger charge is -2.33. The monoisotopic (exact) mass is 710 g/mol. The zero-order valence-electron chi connectivity index (χ0n) is 30.5. The maximum absolute atomic E-state index is 14.3. The Labute approximate surface area is 303 Å². The van der Waals surface area contributed by atoms with Gasteiger partial charge in [0.05, 0.1) is 22.6 Å². The molecular formula is C39H50N8O5. The van der Waals surface area contributed by atoms with E-state index in [1.807, 2.05) is 57.3 Å². The zero-order valence-corrected chi connectivity index (χ0v) is 30.5. The number of fused-ring (bicyclic) bond motifs is 1. The van der Waals surface area contributed by atoms with Gasteiger partial charge in [-0.1, -0.05) is 24.3 Å². The van der Waals surface area contributed by atoms with Gasteiger partial charge in [0.2, 0.25) is 5.91 Å². The van der Waals surface area contributed by atoms with Crippen LogP contribution in [0.2, 0.25) is 0 Å². The first-order chi connectivity index (χ1) is 24.8. The molecule has 2 aromatic heterocycles. The summed E-state index contributed by atoms with van der Waals surface area (Å²) in [6, 6.07) is 15.9. The maximum atomic E-state index is 14.3. The molecule has 2 aromatic carbocycles. The van der Waals surface area contributed by atoms with Crippen molar-refractivity contribution >= 4 is 40.3 Å². The fourth-order valence-corrected chi connectivity index (χ4v) is 7.06. The summed E-state index contributed by atoms with van der Waals surface area (Å²) in [4.78, 5) is 63.3. The highest BCUT2D eigenvalue weighted by Crippen LogP contribution is 2.32. The van der Waals surface area contributed by atoms with Gasteiger partial charge in [0.15, 0.2) is 0 Å². The number of rotatable bonds is 9. The summed E-state index contributed by atoms with van der Waals surface area (Å²) in [6.07, 6.45) is 4.13. The van der Waals surface area contributed by atoms with Crippen molar-refractivity contribution in [3.8, 4) is 11.1 Å². The average molecular weight is 711 g/mol. The number of nitrogens with zero attached hydrogens (tertiary/aromatic N) is 4. The molecule has 1 saturated heterocycles. The number of aromatic amines is 2. The predicted molar refractivity (Wildman–Crippen MR) is 202 cm³/mol. The molecule has 0 bridgehead atoms. The third kappa shape index (κ3) is 8.88. The van der Waals surface area contributed by atoms with Crippen molar-refractivity contribution in [3.05, 3.63) is 76.7 Å². The van der Waals surface area contributed by atoms with Gasteiger partial charge < -0.3 is 25.6 Å². The number of hydrogen-bond acceptors (Lipinski definition) is 9. The third-order valence-electron chi connectivity index (χ3n) is 9.99. The zero-order chi connectivity index (χ0) is 37.0. The standard InChI is InChI=1S/C39H50N8O5/c1-39(2,3)52-38(51)42-24-25-8-10-27(11-9-25)36(49)47(30-12-13-31-33(23-30)43-44-35(31)48)37(50)32(40)21-26-6-5-7-28(20-26)29-14-15-41-34(22-29)46-18-16-45(4)17-19-46/h5-7,12-15,20,22-23,25,27,32H,8-11,16-19,21,24,40H2,1-4H3,(H,42,51)(H2,43,44,48)/t25?,27?,32-/m0/s1. The lowest BCUT2D eigenvalue weighted by Crippen LogP contribution is -2.50. The van der Waals surface area contributed by atoms with Crippen LogP contribution in [0.3, 0.4) is 0 Å². The first kappa shape index (κ1) is 36.8. The third-order valence-corrected chi connectivity index (χ3v) is 9.99. The largest absolute Gasteiger partial charge is 0.444 e. The molecule has 2 fully saturated rings. The number of nitrogens with one attached hydrogen (secondary N) is 3. The number of benzene rings is 2. The molecule has 13 nitrogen and oxygen atoms in total. The number of nitrogens with two attached hydrogens (primary N) is 1. The molecule has 3 heterocycles. The predicted octanol–water partition coefficient (Wildman–Crippen LogP) is 4.43. The Morgan fingerprint density at radius 2 is 1.71 bits per heavy atom. The molecular weight excluding hydrogens is 660 g/mol. The molecule has 3 amide bonds. The van der Waals surface area contributed by atoms with Gasteiger partial charge in [-0.15, -0.1) is 0 Å². The number of alkyl carbamates (subject to hydrolysis) is 1. The summed E-state index contributed by atoms with van der Waals surface area (Å²) in [5.74, 6) is -0.110. The van der Waals surface area contributed by atoms with E-state index in [0.717, 1.165) is 48.7 Å². The summed E-state index contributed by atoms with van der Waals surface area (Å²) in [5, 5.41) is 8.66. The number of H-pyrrole nitrogens is 2. The highest BCUT2D eigenvalue weighted by molar-refractivity contribution is 6.17. The number of pyridine rings is 1. The van der Waals surface area contributed by atoms with Gasteiger partial charge in [-0.2, -0.15) is 0 Å². The molecule has 52 heavy (non-hydrogen) atoms. The van der Waals surface area contributed by atoms with Crippen LogP contribution < -0.4 is 26.4 Å². The van der Waals surface area contributed by atoms with Crippen LogP contribution in [0, 0.1) is 11.8 Å². The smallest absolute Gasteiger partial charge is 0.407 e. The molecule has 0 unspecified atom stereocenters. The molecule has 1 saturated carbocycles. The van der Waals surface area contributed by atoms with Crippen LogP contribution in [0.25, 0.3) is 22.0 Å². The van der Waals surface area contributed by atoms with E-state index in [-0.39, 0.29) is 23.8 Å². The number of likely N-dealkylation sites (N-methyl/N-ethyl adjacent to an activating group) is 1. The summed E-state index contributed by atoms with van der Waals surface area (Å²) in [7, 11) is 2.13. The Morgan fingerprint density at radius 3 is 2.44 bits per heavy atom. The minimum atomic E-state index is -1.01. The number of carbonyl (C=O) groups is 3. The number of imide groups is 1. The lowest BCUT2D eigenvalue weighted by atomic mass is 9.81. The van der Waals surface area contributed by atoms with Crippen molar-refractivity contribution in [2.45, 2.75) is 64.5 Å². The van der Waals surface area contributed by atoms with Gasteiger partial charge in [-0.05, 0) is 113 Å². The second-order valence-corrected chi connectivity index (χ2v) is 15.1. The van der Waals surface area contributed by atoms with Crippen LogP contribution in [0.4, 0.5) is 16.3 Å². The van der Waals surface area contributed by atoms with Crippen molar-refractivity contribution in [2.24, 2.45) is 17.6 Å². The Bertz CT molecular complexity index is 1950. The molecule has 276 valence electrons. The second-order valence-electron chi connectivity index (χ2n) is 15.1. The number of hydrogen-bond donors (Lipinski definition) is 4. The Hall–Kier alpha value is -5.01. The number of amides is 3. The minimum absolute atomic E-state index is 0.189. The van der Waals surface area contributed by atoms with Crippen molar-refractivity contribution in [3.63, 3.8) is 0 Å². The van der Waals surface area contributed by atoms with E-state index in [4.69, 9.17) is 10.5 Å². The number of ether oxygens (including phenoxy) is 1. The first-order valence-corrected chi connectivity index (χ1v) is 18.1. The Kier molecular flexibility index (Phi) is 11.1. The Morgan fingerprint density at radius 1 is 0.981 bits per heavy atom. The molecule has 6 rings (SSSR count). The normalized spacial score (nSPS) is 18.9. The SMILES string of the molecule is CN1CCN(c2cc(-c3cccc(C[C@H](N)C(=O)N(C(=O)C4CCC(CNC(=O)OC(C)(C)C)CC4)c4ccc5c(=O)[nH][nH]c5c4)c3)ccn2)CC1. The molecule has 0 radical (unpaired) electrons. The summed E-state index contributed by atoms with van der Waals surface area (Å²) in [6.45, 7) is 9.71. The molecule has 2 aliphatic rings. The van der Waals surface area contributed by atoms with Gasteiger partial charge >= 0.3 is 6.09 Å². The van der Waals surface area contributed by atoms with E-state index in [2.05, 4.69) is 43.4 Å². The van der Waals surface area contributed by atoms with E-state index in [1.165, 1.54) is 4.90 Å². The van der Waals surface area contributed by atoms with Gasteiger partial charge in [-0.3, -0.25) is 24.6 Å². The van der Waals surface area contributed by atoms with Gasteiger partial charge in [0, 0.05) is 44.8 Å². The van der Waals surface area contributed by atoms with Crippen molar-refractivity contribution in [1.29, 1.82) is 0 Å². The number of aromatic nitrogens is 3. The van der Waals surface area contributed by atoms with Gasteiger partial charge in [0.25, 0.3) is 11.5 Å². The van der Waals surface area contributed by atoms with Crippen LogP contribution in [0.5, 0.6) is 0 Å².